The first-order valence-electron chi connectivity index (χ1n) is 12.3. The maximum absolute atomic E-state index is 13.2. The van der Waals surface area contributed by atoms with Crippen molar-refractivity contribution in [3.8, 4) is 40.5 Å². The van der Waals surface area contributed by atoms with E-state index in [2.05, 4.69) is 22.1 Å². The number of ether oxygens (including phenoxy) is 3. The van der Waals surface area contributed by atoms with Crippen molar-refractivity contribution in [3.63, 3.8) is 0 Å². The number of nitrogen functional groups attached to an aromatic ring is 1. The number of oxazole rings is 1. The standard InChI is InChI=1S/C29H24FN5O4S/c1-29(2)38-15-22(39-29)14-36-21-9-5-17(6-10-21)25-23(11-31)26(33)35-28(24(25)12-32)40-16-20-13-37-27(34-20)18-3-7-19(30)8-4-18/h3-10,13,22H,14-16H2,1-2H3,(H2,33,35)/t22-/m1/s1. The zero-order valence-corrected chi connectivity index (χ0v) is 22.5. The highest BCUT2D eigenvalue weighted by Gasteiger charge is 2.33. The third-order valence-corrected chi connectivity index (χ3v) is 7.07. The second-order valence-corrected chi connectivity index (χ2v) is 10.3. The summed E-state index contributed by atoms with van der Waals surface area (Å²) in [6.45, 7) is 4.47. The second kappa shape index (κ2) is 11.4. The van der Waals surface area contributed by atoms with E-state index in [4.69, 9.17) is 24.4 Å². The summed E-state index contributed by atoms with van der Waals surface area (Å²) >= 11 is 1.25. The van der Waals surface area contributed by atoms with Crippen LogP contribution < -0.4 is 10.5 Å². The molecule has 40 heavy (non-hydrogen) atoms. The van der Waals surface area contributed by atoms with Gasteiger partial charge in [0, 0.05) is 16.9 Å². The summed E-state index contributed by atoms with van der Waals surface area (Å²) in [6.07, 6.45) is 1.31. The van der Waals surface area contributed by atoms with Gasteiger partial charge in [-0.05, 0) is 55.8 Å². The van der Waals surface area contributed by atoms with Crippen LogP contribution in [0.1, 0.15) is 30.7 Å². The summed E-state index contributed by atoms with van der Waals surface area (Å²) in [5, 5.41) is 20.3. The fourth-order valence-electron chi connectivity index (χ4n) is 4.18. The Morgan fingerprint density at radius 3 is 2.40 bits per heavy atom. The van der Waals surface area contributed by atoms with Gasteiger partial charge in [0.2, 0.25) is 5.89 Å². The average Bonchev–Trinajstić information content (AvgIpc) is 3.56. The minimum absolute atomic E-state index is 0.0208. The van der Waals surface area contributed by atoms with Crippen molar-refractivity contribution < 1.29 is 23.0 Å². The van der Waals surface area contributed by atoms with Gasteiger partial charge in [0.25, 0.3) is 0 Å². The first-order valence-corrected chi connectivity index (χ1v) is 13.3. The van der Waals surface area contributed by atoms with E-state index >= 15 is 0 Å². The molecule has 0 unspecified atom stereocenters. The zero-order chi connectivity index (χ0) is 28.3. The van der Waals surface area contributed by atoms with Crippen LogP contribution in [-0.4, -0.2) is 35.1 Å². The number of benzene rings is 2. The van der Waals surface area contributed by atoms with Crippen molar-refractivity contribution in [3.05, 3.63) is 77.4 Å². The van der Waals surface area contributed by atoms with Crippen molar-refractivity contribution >= 4 is 17.6 Å². The molecule has 202 valence electrons. The van der Waals surface area contributed by atoms with Crippen LogP contribution in [0.3, 0.4) is 0 Å². The quantitative estimate of drug-likeness (QED) is 0.269. The van der Waals surface area contributed by atoms with E-state index in [0.717, 1.165) is 0 Å². The van der Waals surface area contributed by atoms with Crippen molar-refractivity contribution in [2.45, 2.75) is 36.5 Å². The van der Waals surface area contributed by atoms with Gasteiger partial charge in [-0.2, -0.15) is 10.5 Å². The van der Waals surface area contributed by atoms with E-state index in [1.54, 1.807) is 36.4 Å². The first-order chi connectivity index (χ1) is 19.3. The molecule has 0 amide bonds. The van der Waals surface area contributed by atoms with Crippen molar-refractivity contribution in [1.29, 1.82) is 10.5 Å². The Morgan fingerprint density at radius 2 is 1.75 bits per heavy atom. The van der Waals surface area contributed by atoms with Gasteiger partial charge in [-0.1, -0.05) is 23.9 Å². The summed E-state index contributed by atoms with van der Waals surface area (Å²) in [5.74, 6) is 0.321. The summed E-state index contributed by atoms with van der Waals surface area (Å²) in [4.78, 5) is 8.78. The molecule has 0 aliphatic carbocycles. The zero-order valence-electron chi connectivity index (χ0n) is 21.7. The topological polar surface area (TPSA) is 140 Å². The molecule has 2 aromatic carbocycles. The van der Waals surface area contributed by atoms with Gasteiger partial charge in [0.05, 0.1) is 17.9 Å². The van der Waals surface area contributed by atoms with E-state index in [9.17, 15) is 14.9 Å². The highest BCUT2D eigenvalue weighted by Crippen LogP contribution is 2.37. The first kappa shape index (κ1) is 27.2. The van der Waals surface area contributed by atoms with Crippen LogP contribution in [0.5, 0.6) is 5.75 Å². The minimum Gasteiger partial charge on any atom is -0.491 e. The molecular formula is C29H24FN5O4S. The monoisotopic (exact) mass is 557 g/mol. The van der Waals surface area contributed by atoms with E-state index in [1.165, 1.54) is 30.2 Å². The largest absolute Gasteiger partial charge is 0.491 e. The molecular weight excluding hydrogens is 533 g/mol. The fourth-order valence-corrected chi connectivity index (χ4v) is 5.06. The van der Waals surface area contributed by atoms with E-state index in [-0.39, 0.29) is 28.9 Å². The van der Waals surface area contributed by atoms with Crippen LogP contribution in [0.15, 0.2) is 64.2 Å². The third kappa shape index (κ3) is 5.92. The molecule has 1 fully saturated rings. The summed E-state index contributed by atoms with van der Waals surface area (Å²) < 4.78 is 35.9. The number of thioether (sulfide) groups is 1. The number of halogens is 1. The summed E-state index contributed by atoms with van der Waals surface area (Å²) in [6, 6.07) is 17.1. The van der Waals surface area contributed by atoms with Crippen LogP contribution in [0.2, 0.25) is 0 Å². The molecule has 0 spiro atoms. The molecule has 1 saturated heterocycles. The number of nitrogens with two attached hydrogens (primary N) is 1. The van der Waals surface area contributed by atoms with Crippen molar-refractivity contribution in [2.24, 2.45) is 0 Å². The van der Waals surface area contributed by atoms with Crippen molar-refractivity contribution in [2.75, 3.05) is 18.9 Å². The lowest BCUT2D eigenvalue weighted by Crippen LogP contribution is -2.25. The van der Waals surface area contributed by atoms with E-state index < -0.39 is 5.79 Å². The Morgan fingerprint density at radius 1 is 1.05 bits per heavy atom. The molecule has 0 saturated carbocycles. The fraction of sp³-hybridized carbons (Fsp3) is 0.241. The van der Waals surface area contributed by atoms with Crippen molar-refractivity contribution in [1.82, 2.24) is 9.97 Å². The number of aromatic nitrogens is 2. The molecule has 1 atom stereocenters. The number of anilines is 1. The summed E-state index contributed by atoms with van der Waals surface area (Å²) in [7, 11) is 0. The Bertz CT molecular complexity index is 1610. The molecule has 4 aromatic rings. The number of hydrogen-bond acceptors (Lipinski definition) is 10. The maximum atomic E-state index is 13.2. The van der Waals surface area contributed by atoms with E-state index in [0.29, 0.717) is 58.0 Å². The molecule has 1 aliphatic rings. The number of nitrogens with zero attached hydrogens (tertiary/aromatic N) is 4. The molecule has 3 heterocycles. The van der Waals surface area contributed by atoms with Crippen LogP contribution >= 0.6 is 11.8 Å². The predicted octanol–water partition coefficient (Wildman–Crippen LogP) is 5.69. The molecule has 2 N–H and O–H groups in total. The molecule has 2 aromatic heterocycles. The molecule has 1 aliphatic heterocycles. The number of pyridine rings is 1. The van der Waals surface area contributed by atoms with Gasteiger partial charge in [0.15, 0.2) is 5.79 Å². The van der Waals surface area contributed by atoms with Crippen LogP contribution in [0.25, 0.3) is 22.6 Å². The maximum Gasteiger partial charge on any atom is 0.226 e. The number of rotatable bonds is 8. The lowest BCUT2D eigenvalue weighted by Gasteiger charge is -2.17. The van der Waals surface area contributed by atoms with Gasteiger partial charge in [0.1, 0.15) is 59.1 Å². The third-order valence-electron chi connectivity index (χ3n) is 6.06. The molecule has 11 heteroatoms. The second-order valence-electron chi connectivity index (χ2n) is 9.38. The number of hydrogen-bond donors (Lipinski definition) is 1. The molecule has 5 rings (SSSR count). The lowest BCUT2D eigenvalue weighted by molar-refractivity contribution is -0.141. The highest BCUT2D eigenvalue weighted by atomic mass is 32.2. The smallest absolute Gasteiger partial charge is 0.226 e. The Labute approximate surface area is 234 Å². The molecule has 0 bridgehead atoms. The Hall–Kier alpha value is -4.42. The minimum atomic E-state index is -0.630. The van der Waals surface area contributed by atoms with Crippen LogP contribution in [0, 0.1) is 28.5 Å². The Kier molecular flexibility index (Phi) is 7.71. The van der Waals surface area contributed by atoms with Crippen LogP contribution in [-0.2, 0) is 15.2 Å². The summed E-state index contributed by atoms with van der Waals surface area (Å²) in [5.41, 5.74) is 8.75. The van der Waals surface area contributed by atoms with Gasteiger partial charge in [-0.3, -0.25) is 0 Å². The molecule has 0 radical (unpaired) electrons. The Balaban J connectivity index is 1.35. The van der Waals surface area contributed by atoms with Gasteiger partial charge < -0.3 is 24.4 Å². The number of nitriles is 2. The van der Waals surface area contributed by atoms with Gasteiger partial charge in [-0.15, -0.1) is 0 Å². The lowest BCUT2D eigenvalue weighted by atomic mass is 9.97. The van der Waals surface area contributed by atoms with Crippen LogP contribution in [0.4, 0.5) is 10.2 Å². The highest BCUT2D eigenvalue weighted by molar-refractivity contribution is 7.98. The van der Waals surface area contributed by atoms with Gasteiger partial charge in [-0.25, -0.2) is 14.4 Å². The SMILES string of the molecule is CC1(C)OC[C@@H](COc2ccc(-c3c(C#N)c(N)nc(SCc4coc(-c5ccc(F)cc5)n4)c3C#N)cc2)O1. The predicted molar refractivity (Wildman–Crippen MR) is 145 cm³/mol. The average molecular weight is 558 g/mol. The normalized spacial score (nSPS) is 15.9. The molecule has 9 nitrogen and oxygen atoms in total. The van der Waals surface area contributed by atoms with Gasteiger partial charge >= 0.3 is 0 Å². The van der Waals surface area contributed by atoms with E-state index in [1.807, 2.05) is 13.8 Å².